The van der Waals surface area contributed by atoms with Crippen molar-refractivity contribution < 1.29 is 8.42 Å². The predicted molar refractivity (Wildman–Crippen MR) is 83.0 cm³/mol. The van der Waals surface area contributed by atoms with Gasteiger partial charge in [-0.2, -0.15) is 0 Å². The molecule has 0 amide bonds. The number of rotatable bonds is 4. The quantitative estimate of drug-likeness (QED) is 0.935. The van der Waals surface area contributed by atoms with Gasteiger partial charge in [-0.3, -0.25) is 0 Å². The van der Waals surface area contributed by atoms with E-state index in [1.54, 1.807) is 30.3 Å². The molecule has 2 rings (SSSR count). The van der Waals surface area contributed by atoms with Crippen molar-refractivity contribution >= 4 is 33.2 Å². The highest BCUT2D eigenvalue weighted by Crippen LogP contribution is 2.32. The van der Waals surface area contributed by atoms with Crippen LogP contribution in [0.4, 0.5) is 0 Å². The zero-order chi connectivity index (χ0) is 14.8. The van der Waals surface area contributed by atoms with Gasteiger partial charge in [-0.05, 0) is 42.0 Å². The first-order chi connectivity index (χ1) is 9.40. The van der Waals surface area contributed by atoms with Crippen LogP contribution in [0.1, 0.15) is 5.56 Å². The first-order valence-electron chi connectivity index (χ1n) is 5.86. The smallest absolute Gasteiger partial charge is 0.175 e. The zero-order valence-electron chi connectivity index (χ0n) is 10.8. The topological polar surface area (TPSA) is 60.2 Å². The lowest BCUT2D eigenvalue weighted by atomic mass is 10.2. The van der Waals surface area contributed by atoms with E-state index in [0.717, 1.165) is 15.4 Å². The number of sulfone groups is 1. The van der Waals surface area contributed by atoms with E-state index in [9.17, 15) is 8.42 Å². The molecule has 0 heterocycles. The summed E-state index contributed by atoms with van der Waals surface area (Å²) < 4.78 is 22.8. The van der Waals surface area contributed by atoms with Gasteiger partial charge in [0.2, 0.25) is 0 Å². The van der Waals surface area contributed by atoms with Crippen molar-refractivity contribution in [2.75, 3.05) is 6.26 Å². The van der Waals surface area contributed by atoms with E-state index in [1.165, 1.54) is 18.0 Å². The van der Waals surface area contributed by atoms with E-state index < -0.39 is 9.84 Å². The lowest BCUT2D eigenvalue weighted by Crippen LogP contribution is -1.98. The third-order valence-corrected chi connectivity index (χ3v) is 5.20. The Kier molecular flexibility index (Phi) is 4.75. The summed E-state index contributed by atoms with van der Waals surface area (Å²) in [4.78, 5) is 2.23. The van der Waals surface area contributed by atoms with Gasteiger partial charge < -0.3 is 5.73 Å². The lowest BCUT2D eigenvalue weighted by Gasteiger charge is -2.08. The molecular weight excluding hydrogens is 314 g/mol. The Bertz CT molecular complexity index is 712. The number of halogens is 1. The summed E-state index contributed by atoms with van der Waals surface area (Å²) in [5.74, 6) is 0. The molecule has 0 saturated heterocycles. The monoisotopic (exact) mass is 327 g/mol. The third kappa shape index (κ3) is 3.76. The molecule has 106 valence electrons. The SMILES string of the molecule is CS(=O)(=O)c1ccc(Sc2cc(Cl)ccc2CN)cc1. The van der Waals surface area contributed by atoms with E-state index >= 15 is 0 Å². The minimum atomic E-state index is -3.16. The second-order valence-electron chi connectivity index (χ2n) is 4.30. The molecule has 6 heteroatoms. The highest BCUT2D eigenvalue weighted by molar-refractivity contribution is 7.99. The van der Waals surface area contributed by atoms with Gasteiger partial charge >= 0.3 is 0 Å². The van der Waals surface area contributed by atoms with Gasteiger partial charge in [-0.25, -0.2) is 8.42 Å². The number of nitrogens with two attached hydrogens (primary N) is 1. The fraction of sp³-hybridized carbons (Fsp3) is 0.143. The van der Waals surface area contributed by atoms with E-state index in [4.69, 9.17) is 17.3 Å². The van der Waals surface area contributed by atoms with Crippen LogP contribution in [0.5, 0.6) is 0 Å². The normalized spacial score (nSPS) is 11.6. The standard InChI is InChI=1S/C14H14ClNO2S2/c1-20(17,18)13-6-4-12(5-7-13)19-14-8-11(15)3-2-10(14)9-16/h2-8H,9,16H2,1H3. The second kappa shape index (κ2) is 6.18. The minimum Gasteiger partial charge on any atom is -0.326 e. The Balaban J connectivity index is 2.29. The molecule has 0 aliphatic heterocycles. The fourth-order valence-electron chi connectivity index (χ4n) is 1.67. The summed E-state index contributed by atoms with van der Waals surface area (Å²) in [7, 11) is -3.16. The Hall–Kier alpha value is -1.01. The van der Waals surface area contributed by atoms with Crippen molar-refractivity contribution in [2.24, 2.45) is 5.73 Å². The summed E-state index contributed by atoms with van der Waals surface area (Å²) in [6.07, 6.45) is 1.19. The van der Waals surface area contributed by atoms with Crippen LogP contribution in [0.25, 0.3) is 0 Å². The highest BCUT2D eigenvalue weighted by Gasteiger charge is 2.08. The molecule has 0 aliphatic rings. The van der Waals surface area contributed by atoms with E-state index in [1.807, 2.05) is 12.1 Å². The summed E-state index contributed by atoms with van der Waals surface area (Å²) in [6.45, 7) is 0.431. The van der Waals surface area contributed by atoms with Crippen LogP contribution in [0.15, 0.2) is 57.2 Å². The van der Waals surface area contributed by atoms with Crippen LogP contribution in [0, 0.1) is 0 Å². The van der Waals surface area contributed by atoms with Crippen molar-refractivity contribution in [3.63, 3.8) is 0 Å². The molecule has 2 aromatic carbocycles. The molecule has 0 atom stereocenters. The maximum atomic E-state index is 11.4. The first kappa shape index (κ1) is 15.4. The molecule has 0 radical (unpaired) electrons. The van der Waals surface area contributed by atoms with Gasteiger partial charge in [-0.1, -0.05) is 29.4 Å². The van der Waals surface area contributed by atoms with Crippen molar-refractivity contribution in [3.8, 4) is 0 Å². The van der Waals surface area contributed by atoms with Gasteiger partial charge in [0.15, 0.2) is 9.84 Å². The van der Waals surface area contributed by atoms with Crippen molar-refractivity contribution in [3.05, 3.63) is 53.1 Å². The van der Waals surface area contributed by atoms with Gasteiger partial charge in [0.05, 0.1) is 4.90 Å². The maximum absolute atomic E-state index is 11.4. The summed E-state index contributed by atoms with van der Waals surface area (Å²) in [6, 6.07) is 12.3. The Morgan fingerprint density at radius 1 is 1.15 bits per heavy atom. The van der Waals surface area contributed by atoms with Crippen LogP contribution in [0.2, 0.25) is 5.02 Å². The Morgan fingerprint density at radius 2 is 1.80 bits per heavy atom. The molecule has 0 fully saturated rings. The van der Waals surface area contributed by atoms with E-state index in [-0.39, 0.29) is 0 Å². The van der Waals surface area contributed by atoms with Gasteiger partial charge in [-0.15, -0.1) is 0 Å². The summed E-state index contributed by atoms with van der Waals surface area (Å²) in [5.41, 5.74) is 6.71. The van der Waals surface area contributed by atoms with Crippen molar-refractivity contribution in [1.82, 2.24) is 0 Å². The minimum absolute atomic E-state index is 0.312. The van der Waals surface area contributed by atoms with Crippen LogP contribution in [0.3, 0.4) is 0 Å². The third-order valence-electron chi connectivity index (χ3n) is 2.73. The number of hydrogen-bond acceptors (Lipinski definition) is 4. The second-order valence-corrected chi connectivity index (χ2v) is 7.87. The molecule has 2 N–H and O–H groups in total. The summed E-state index contributed by atoms with van der Waals surface area (Å²) in [5, 5.41) is 0.650. The molecule has 0 saturated carbocycles. The van der Waals surface area contributed by atoms with Gasteiger partial charge in [0, 0.05) is 27.6 Å². The average Bonchev–Trinajstić information content (AvgIpc) is 2.38. The predicted octanol–water partition coefficient (Wildman–Crippen LogP) is 3.35. The molecule has 0 aliphatic carbocycles. The van der Waals surface area contributed by atoms with Crippen LogP contribution in [-0.4, -0.2) is 14.7 Å². The van der Waals surface area contributed by atoms with Gasteiger partial charge in [0.25, 0.3) is 0 Å². The zero-order valence-corrected chi connectivity index (χ0v) is 13.2. The molecule has 0 bridgehead atoms. The molecule has 0 unspecified atom stereocenters. The summed E-state index contributed by atoms with van der Waals surface area (Å²) >= 11 is 7.50. The van der Waals surface area contributed by atoms with Gasteiger partial charge in [0.1, 0.15) is 0 Å². The molecule has 0 aromatic heterocycles. The molecule has 2 aromatic rings. The Labute approximate surface area is 128 Å². The maximum Gasteiger partial charge on any atom is 0.175 e. The lowest BCUT2D eigenvalue weighted by molar-refractivity contribution is 0.602. The number of hydrogen-bond donors (Lipinski definition) is 1. The largest absolute Gasteiger partial charge is 0.326 e. The molecule has 3 nitrogen and oxygen atoms in total. The van der Waals surface area contributed by atoms with Crippen LogP contribution < -0.4 is 5.73 Å². The van der Waals surface area contributed by atoms with Crippen molar-refractivity contribution in [1.29, 1.82) is 0 Å². The first-order valence-corrected chi connectivity index (χ1v) is 8.95. The molecule has 0 spiro atoms. The molecular formula is C14H14ClNO2S2. The fourth-order valence-corrected chi connectivity index (χ4v) is 3.54. The highest BCUT2D eigenvalue weighted by atomic mass is 35.5. The molecule has 20 heavy (non-hydrogen) atoms. The average molecular weight is 328 g/mol. The van der Waals surface area contributed by atoms with E-state index in [2.05, 4.69) is 0 Å². The van der Waals surface area contributed by atoms with E-state index in [0.29, 0.717) is 16.5 Å². The number of benzene rings is 2. The van der Waals surface area contributed by atoms with Crippen molar-refractivity contribution in [2.45, 2.75) is 21.2 Å². The Morgan fingerprint density at radius 3 is 2.35 bits per heavy atom. The van der Waals surface area contributed by atoms with Crippen LogP contribution >= 0.6 is 23.4 Å². The van der Waals surface area contributed by atoms with Crippen LogP contribution in [-0.2, 0) is 16.4 Å².